The minimum absolute atomic E-state index is 0.158. The van der Waals surface area contributed by atoms with Crippen LogP contribution in [0.3, 0.4) is 0 Å². The summed E-state index contributed by atoms with van der Waals surface area (Å²) >= 11 is 6.08. The highest BCUT2D eigenvalue weighted by atomic mass is 35.5. The molecule has 174 valence electrons. The van der Waals surface area contributed by atoms with Crippen LogP contribution in [0, 0.1) is 11.8 Å². The molecule has 1 saturated heterocycles. The number of ether oxygens (including phenoxy) is 1. The number of aromatic nitrogens is 3. The van der Waals surface area contributed by atoms with Crippen molar-refractivity contribution >= 4 is 34.6 Å². The monoisotopic (exact) mass is 461 g/mol. The largest absolute Gasteiger partial charge is 0.444 e. The molecular formula is C23H32ClN5O3. The molecule has 0 radical (unpaired) electrons. The minimum Gasteiger partial charge on any atom is -0.444 e. The lowest BCUT2D eigenvalue weighted by Crippen LogP contribution is -2.44. The maximum Gasteiger partial charge on any atom is 0.410 e. The van der Waals surface area contributed by atoms with E-state index in [9.17, 15) is 9.59 Å². The highest BCUT2D eigenvalue weighted by molar-refractivity contribution is 6.28. The molecule has 0 spiro atoms. The molecule has 1 N–H and O–H groups in total. The molecule has 2 fully saturated rings. The lowest BCUT2D eigenvalue weighted by molar-refractivity contribution is 0.0130. The Kier molecular flexibility index (Phi) is 6.34. The van der Waals surface area contributed by atoms with E-state index in [-0.39, 0.29) is 23.3 Å². The number of piperidine rings is 1. The third-order valence-corrected chi connectivity index (χ3v) is 6.81. The normalized spacial score (nSPS) is 24.0. The van der Waals surface area contributed by atoms with Crippen LogP contribution in [-0.2, 0) is 4.74 Å². The zero-order valence-corrected chi connectivity index (χ0v) is 20.0. The van der Waals surface area contributed by atoms with Gasteiger partial charge in [-0.05, 0) is 76.3 Å². The number of hydrogen-bond acceptors (Lipinski definition) is 5. The highest BCUT2D eigenvalue weighted by Gasteiger charge is 2.37. The van der Waals surface area contributed by atoms with Crippen molar-refractivity contribution in [3.63, 3.8) is 0 Å². The Bertz CT molecular complexity index is 1010. The van der Waals surface area contributed by atoms with Crippen LogP contribution in [0.25, 0.3) is 11.0 Å². The number of carbonyl (C=O) groups excluding carboxylic acids is 2. The van der Waals surface area contributed by atoms with Crippen molar-refractivity contribution in [2.24, 2.45) is 11.8 Å². The van der Waals surface area contributed by atoms with Crippen LogP contribution in [0.1, 0.15) is 69.3 Å². The summed E-state index contributed by atoms with van der Waals surface area (Å²) in [4.78, 5) is 35.3. The molecule has 2 amide bonds. The van der Waals surface area contributed by atoms with Gasteiger partial charge in [-0.15, -0.1) is 0 Å². The van der Waals surface area contributed by atoms with Crippen LogP contribution in [-0.4, -0.2) is 57.2 Å². The van der Waals surface area contributed by atoms with Gasteiger partial charge in [-0.2, -0.15) is 4.98 Å². The van der Waals surface area contributed by atoms with Crippen molar-refractivity contribution in [1.29, 1.82) is 0 Å². The summed E-state index contributed by atoms with van der Waals surface area (Å²) in [5, 5.41) is 3.58. The Morgan fingerprint density at radius 2 is 2.00 bits per heavy atom. The molecule has 2 aromatic heterocycles. The maximum atomic E-state index is 12.6. The molecule has 32 heavy (non-hydrogen) atoms. The van der Waals surface area contributed by atoms with E-state index < -0.39 is 5.60 Å². The van der Waals surface area contributed by atoms with Crippen molar-refractivity contribution in [2.75, 3.05) is 20.1 Å². The van der Waals surface area contributed by atoms with Crippen LogP contribution in [0.5, 0.6) is 0 Å². The third kappa shape index (κ3) is 4.70. The fourth-order valence-corrected chi connectivity index (χ4v) is 5.29. The molecule has 2 aromatic rings. The van der Waals surface area contributed by atoms with Gasteiger partial charge in [0.2, 0.25) is 5.28 Å². The zero-order valence-electron chi connectivity index (χ0n) is 19.2. The molecular weight excluding hydrogens is 430 g/mol. The Hall–Kier alpha value is -2.35. The van der Waals surface area contributed by atoms with E-state index in [1.165, 1.54) is 0 Å². The van der Waals surface area contributed by atoms with Crippen molar-refractivity contribution in [1.82, 2.24) is 24.8 Å². The van der Waals surface area contributed by atoms with Crippen molar-refractivity contribution in [2.45, 2.75) is 64.5 Å². The van der Waals surface area contributed by atoms with Gasteiger partial charge in [-0.3, -0.25) is 4.79 Å². The van der Waals surface area contributed by atoms with Crippen LogP contribution < -0.4 is 5.32 Å². The standard InChI is InChI=1S/C23H32ClN5O3/c1-23(2,3)32-22(31)28-9-5-6-15(12-28)14-7-8-16(10-14)29-13-18(20(30)25-4)17-11-26-21(24)27-19(17)29/h11,13-16H,5-10,12H2,1-4H3,(H,25,30). The Morgan fingerprint density at radius 3 is 2.72 bits per heavy atom. The van der Waals surface area contributed by atoms with Crippen molar-refractivity contribution in [3.8, 4) is 0 Å². The number of halogens is 1. The second-order valence-corrected chi connectivity index (χ2v) is 10.3. The van der Waals surface area contributed by atoms with E-state index >= 15 is 0 Å². The SMILES string of the molecule is CNC(=O)c1cn(C2CCC(C3CCCN(C(=O)OC(C)(C)C)C3)C2)c2nc(Cl)ncc12. The molecule has 0 bridgehead atoms. The maximum absolute atomic E-state index is 12.6. The van der Waals surface area contributed by atoms with E-state index in [0.717, 1.165) is 45.2 Å². The molecule has 3 unspecified atom stereocenters. The number of fused-ring (bicyclic) bond motifs is 1. The van der Waals surface area contributed by atoms with Gasteiger partial charge in [0.15, 0.2) is 0 Å². The number of likely N-dealkylation sites (tertiary alicyclic amines) is 1. The molecule has 1 aliphatic carbocycles. The lowest BCUT2D eigenvalue weighted by Gasteiger charge is -2.36. The minimum atomic E-state index is -0.483. The number of amides is 2. The number of nitrogens with zero attached hydrogens (tertiary/aromatic N) is 4. The lowest BCUT2D eigenvalue weighted by atomic mass is 9.84. The molecule has 3 heterocycles. The Morgan fingerprint density at radius 1 is 1.22 bits per heavy atom. The predicted molar refractivity (Wildman–Crippen MR) is 123 cm³/mol. The van der Waals surface area contributed by atoms with Crippen LogP contribution in [0.15, 0.2) is 12.4 Å². The van der Waals surface area contributed by atoms with Gasteiger partial charge in [0.25, 0.3) is 5.91 Å². The fraction of sp³-hybridized carbons (Fsp3) is 0.652. The van der Waals surface area contributed by atoms with Crippen LogP contribution >= 0.6 is 11.6 Å². The highest BCUT2D eigenvalue weighted by Crippen LogP contribution is 2.43. The van der Waals surface area contributed by atoms with Gasteiger partial charge in [0.05, 0.1) is 10.9 Å². The summed E-state index contributed by atoms with van der Waals surface area (Å²) in [6, 6.07) is 0.240. The third-order valence-electron chi connectivity index (χ3n) is 6.63. The second kappa shape index (κ2) is 8.89. The summed E-state index contributed by atoms with van der Waals surface area (Å²) < 4.78 is 7.69. The first-order chi connectivity index (χ1) is 15.2. The summed E-state index contributed by atoms with van der Waals surface area (Å²) in [6.45, 7) is 7.21. The molecule has 9 heteroatoms. The first-order valence-electron chi connectivity index (χ1n) is 11.4. The molecule has 4 rings (SSSR count). The van der Waals surface area contributed by atoms with E-state index in [2.05, 4.69) is 19.9 Å². The number of carbonyl (C=O) groups is 2. The van der Waals surface area contributed by atoms with Gasteiger partial charge in [0, 0.05) is 38.6 Å². The Balaban J connectivity index is 1.50. The van der Waals surface area contributed by atoms with Gasteiger partial charge in [-0.25, -0.2) is 9.78 Å². The van der Waals surface area contributed by atoms with Gasteiger partial charge in [-0.1, -0.05) is 0 Å². The zero-order chi connectivity index (χ0) is 23.0. The van der Waals surface area contributed by atoms with E-state index in [0.29, 0.717) is 28.4 Å². The van der Waals surface area contributed by atoms with E-state index in [4.69, 9.17) is 16.3 Å². The average Bonchev–Trinajstić information content (AvgIpc) is 3.37. The number of rotatable bonds is 3. The fourth-order valence-electron chi connectivity index (χ4n) is 5.16. The molecule has 8 nitrogen and oxygen atoms in total. The summed E-state index contributed by atoms with van der Waals surface area (Å²) in [6.07, 6.45) is 8.51. The smallest absolute Gasteiger partial charge is 0.410 e. The quantitative estimate of drug-likeness (QED) is 0.683. The van der Waals surface area contributed by atoms with Crippen LogP contribution in [0.4, 0.5) is 4.79 Å². The summed E-state index contributed by atoms with van der Waals surface area (Å²) in [7, 11) is 1.62. The first-order valence-corrected chi connectivity index (χ1v) is 11.8. The van der Waals surface area contributed by atoms with E-state index in [1.54, 1.807) is 13.2 Å². The van der Waals surface area contributed by atoms with Gasteiger partial charge in [0.1, 0.15) is 11.2 Å². The van der Waals surface area contributed by atoms with Gasteiger partial charge < -0.3 is 19.5 Å². The molecule has 2 aliphatic rings. The number of nitrogens with one attached hydrogen (secondary N) is 1. The van der Waals surface area contributed by atoms with Crippen LogP contribution in [0.2, 0.25) is 5.28 Å². The summed E-state index contributed by atoms with van der Waals surface area (Å²) in [5.41, 5.74) is 0.786. The van der Waals surface area contributed by atoms with Crippen molar-refractivity contribution in [3.05, 3.63) is 23.2 Å². The first kappa shape index (κ1) is 22.8. The van der Waals surface area contributed by atoms with Crippen molar-refractivity contribution < 1.29 is 14.3 Å². The summed E-state index contributed by atoms with van der Waals surface area (Å²) in [5.74, 6) is 0.817. The topological polar surface area (TPSA) is 89.4 Å². The van der Waals surface area contributed by atoms with E-state index in [1.807, 2.05) is 31.9 Å². The predicted octanol–water partition coefficient (Wildman–Crippen LogP) is 4.43. The molecule has 1 saturated carbocycles. The Labute approximate surface area is 193 Å². The molecule has 3 atom stereocenters. The van der Waals surface area contributed by atoms with Gasteiger partial charge >= 0.3 is 6.09 Å². The molecule has 0 aromatic carbocycles. The second-order valence-electron chi connectivity index (χ2n) is 9.96. The molecule has 1 aliphatic heterocycles. The number of hydrogen-bond donors (Lipinski definition) is 1. The average molecular weight is 462 g/mol.